The Balaban J connectivity index is 1.52. The molecule has 0 aromatic heterocycles. The van der Waals surface area contributed by atoms with Crippen molar-refractivity contribution in [1.29, 1.82) is 5.26 Å². The molecule has 8 nitrogen and oxygen atoms in total. The first-order valence-corrected chi connectivity index (χ1v) is 12.7. The molecular formula is C26H25N3O5S. The van der Waals surface area contributed by atoms with Gasteiger partial charge in [-0.1, -0.05) is 25.1 Å². The van der Waals surface area contributed by atoms with Crippen molar-refractivity contribution in [1.82, 2.24) is 4.90 Å². The van der Waals surface area contributed by atoms with E-state index in [4.69, 9.17) is 14.7 Å². The molecule has 1 N–H and O–H groups in total. The van der Waals surface area contributed by atoms with Crippen LogP contribution in [-0.4, -0.2) is 39.0 Å². The van der Waals surface area contributed by atoms with Crippen molar-refractivity contribution in [3.8, 4) is 17.6 Å². The van der Waals surface area contributed by atoms with Crippen molar-refractivity contribution in [2.45, 2.75) is 24.8 Å². The number of ether oxygens (including phenoxy) is 2. The SMILES string of the molecule is CCCN(Cc1ccc(C#N)cc1)C(=O)c1cccc(NS(=O)(=O)c2ccc3c(c2)OCCO3)c1. The number of benzene rings is 3. The molecule has 0 unspecified atom stereocenters. The summed E-state index contributed by atoms with van der Waals surface area (Å²) in [6, 6.07) is 20.0. The Kier molecular flexibility index (Phi) is 7.22. The standard InChI is InChI=1S/C26H25N3O5S/c1-2-12-29(18-20-8-6-19(17-27)7-9-20)26(30)21-4-3-5-22(15-21)28-35(31,32)23-10-11-24-25(16-23)34-14-13-33-24/h3-11,15-16,28H,2,12-14,18H2,1H3. The predicted molar refractivity (Wildman–Crippen MR) is 131 cm³/mol. The maximum Gasteiger partial charge on any atom is 0.262 e. The summed E-state index contributed by atoms with van der Waals surface area (Å²) in [5.74, 6) is 0.665. The minimum Gasteiger partial charge on any atom is -0.486 e. The lowest BCUT2D eigenvalue weighted by Gasteiger charge is -2.23. The first-order valence-electron chi connectivity index (χ1n) is 11.2. The molecule has 0 bridgehead atoms. The van der Waals surface area contributed by atoms with Crippen LogP contribution in [0.4, 0.5) is 5.69 Å². The monoisotopic (exact) mass is 491 g/mol. The second-order valence-electron chi connectivity index (χ2n) is 8.03. The van der Waals surface area contributed by atoms with Crippen LogP contribution < -0.4 is 14.2 Å². The van der Waals surface area contributed by atoms with E-state index in [2.05, 4.69) is 10.8 Å². The van der Waals surface area contributed by atoms with Crippen molar-refractivity contribution >= 4 is 21.6 Å². The zero-order valence-corrected chi connectivity index (χ0v) is 20.0. The van der Waals surface area contributed by atoms with Crippen LogP contribution >= 0.6 is 0 Å². The lowest BCUT2D eigenvalue weighted by Crippen LogP contribution is -2.31. The van der Waals surface area contributed by atoms with Crippen molar-refractivity contribution in [2.24, 2.45) is 0 Å². The van der Waals surface area contributed by atoms with Crippen LogP contribution in [0.1, 0.15) is 34.8 Å². The van der Waals surface area contributed by atoms with Gasteiger partial charge in [-0.05, 0) is 54.4 Å². The summed E-state index contributed by atoms with van der Waals surface area (Å²) in [5.41, 5.74) is 2.11. The van der Waals surface area contributed by atoms with Crippen LogP contribution in [-0.2, 0) is 16.6 Å². The molecule has 180 valence electrons. The molecule has 4 rings (SSSR count). The number of fused-ring (bicyclic) bond motifs is 1. The molecule has 0 saturated carbocycles. The van der Waals surface area contributed by atoms with Crippen LogP contribution in [0.3, 0.4) is 0 Å². The quantitative estimate of drug-likeness (QED) is 0.506. The molecule has 0 saturated heterocycles. The van der Waals surface area contributed by atoms with Gasteiger partial charge in [0.15, 0.2) is 11.5 Å². The number of carbonyl (C=O) groups excluding carboxylic acids is 1. The number of nitrogens with zero attached hydrogens (tertiary/aromatic N) is 2. The van der Waals surface area contributed by atoms with Gasteiger partial charge >= 0.3 is 0 Å². The molecule has 0 fully saturated rings. The summed E-state index contributed by atoms with van der Waals surface area (Å²) in [5, 5.41) is 8.99. The molecule has 1 aliphatic rings. The van der Waals surface area contributed by atoms with E-state index in [1.807, 2.05) is 19.1 Å². The van der Waals surface area contributed by atoms with Crippen LogP contribution in [0.15, 0.2) is 71.6 Å². The van der Waals surface area contributed by atoms with Gasteiger partial charge < -0.3 is 14.4 Å². The van der Waals surface area contributed by atoms with Crippen molar-refractivity contribution in [3.63, 3.8) is 0 Å². The smallest absolute Gasteiger partial charge is 0.262 e. The van der Waals surface area contributed by atoms with E-state index in [9.17, 15) is 13.2 Å². The van der Waals surface area contributed by atoms with Crippen LogP contribution in [0.5, 0.6) is 11.5 Å². The van der Waals surface area contributed by atoms with Gasteiger partial charge in [-0.15, -0.1) is 0 Å². The molecule has 35 heavy (non-hydrogen) atoms. The predicted octanol–water partition coefficient (Wildman–Crippen LogP) is 4.18. The van der Waals surface area contributed by atoms with Gasteiger partial charge in [-0.2, -0.15) is 5.26 Å². The molecule has 0 spiro atoms. The normalized spacial score (nSPS) is 12.5. The van der Waals surface area contributed by atoms with Crippen LogP contribution in [0.2, 0.25) is 0 Å². The fourth-order valence-corrected chi connectivity index (χ4v) is 4.80. The minimum atomic E-state index is -3.91. The van der Waals surface area contributed by atoms with Crippen molar-refractivity contribution in [3.05, 3.63) is 83.4 Å². The molecule has 1 heterocycles. The highest BCUT2D eigenvalue weighted by Gasteiger charge is 2.21. The number of hydrogen-bond acceptors (Lipinski definition) is 6. The highest BCUT2D eigenvalue weighted by Crippen LogP contribution is 2.32. The molecule has 3 aromatic rings. The number of nitriles is 1. The first kappa shape index (κ1) is 24.1. The van der Waals surface area contributed by atoms with Crippen molar-refractivity contribution in [2.75, 3.05) is 24.5 Å². The Bertz CT molecular complexity index is 1360. The second-order valence-corrected chi connectivity index (χ2v) is 9.71. The van der Waals surface area contributed by atoms with E-state index in [1.165, 1.54) is 18.2 Å². The number of carbonyl (C=O) groups is 1. The number of amides is 1. The fourth-order valence-electron chi connectivity index (χ4n) is 3.73. The van der Waals surface area contributed by atoms with E-state index in [1.54, 1.807) is 41.3 Å². The minimum absolute atomic E-state index is 0.0342. The Hall–Kier alpha value is -4.03. The van der Waals surface area contributed by atoms with Crippen LogP contribution in [0, 0.1) is 11.3 Å². The van der Waals surface area contributed by atoms with Gasteiger partial charge in [0.05, 0.1) is 16.5 Å². The van der Waals surface area contributed by atoms with E-state index >= 15 is 0 Å². The number of nitrogens with one attached hydrogen (secondary N) is 1. The topological polar surface area (TPSA) is 109 Å². The van der Waals surface area contributed by atoms with Gasteiger partial charge in [0.1, 0.15) is 13.2 Å². The molecule has 1 amide bonds. The van der Waals surface area contributed by atoms with E-state index < -0.39 is 10.0 Å². The lowest BCUT2D eigenvalue weighted by atomic mass is 10.1. The molecular weight excluding hydrogens is 466 g/mol. The number of sulfonamides is 1. The van der Waals surface area contributed by atoms with Gasteiger partial charge in [0, 0.05) is 30.4 Å². The maximum atomic E-state index is 13.3. The molecule has 0 radical (unpaired) electrons. The number of hydrogen-bond donors (Lipinski definition) is 1. The third-order valence-corrected chi connectivity index (χ3v) is 6.80. The zero-order chi connectivity index (χ0) is 24.8. The van der Waals surface area contributed by atoms with Crippen LogP contribution in [0.25, 0.3) is 0 Å². The van der Waals surface area contributed by atoms with E-state index in [0.717, 1.165) is 12.0 Å². The summed E-state index contributed by atoms with van der Waals surface area (Å²) in [7, 11) is -3.91. The molecule has 0 aliphatic carbocycles. The van der Waals surface area contributed by atoms with E-state index in [0.29, 0.717) is 48.9 Å². The highest BCUT2D eigenvalue weighted by molar-refractivity contribution is 7.92. The van der Waals surface area contributed by atoms with Gasteiger partial charge in [0.2, 0.25) is 0 Å². The highest BCUT2D eigenvalue weighted by atomic mass is 32.2. The van der Waals surface area contributed by atoms with Gasteiger partial charge in [0.25, 0.3) is 15.9 Å². The number of anilines is 1. The second kappa shape index (κ2) is 10.5. The lowest BCUT2D eigenvalue weighted by molar-refractivity contribution is 0.0743. The summed E-state index contributed by atoms with van der Waals surface area (Å²) in [4.78, 5) is 15.0. The summed E-state index contributed by atoms with van der Waals surface area (Å²) in [6.45, 7) is 3.66. The third-order valence-electron chi connectivity index (χ3n) is 5.42. The molecule has 1 aliphatic heterocycles. The maximum absolute atomic E-state index is 13.3. The summed E-state index contributed by atoms with van der Waals surface area (Å²) >= 11 is 0. The first-order chi connectivity index (χ1) is 16.9. The fraction of sp³-hybridized carbons (Fsp3) is 0.231. The van der Waals surface area contributed by atoms with Crippen molar-refractivity contribution < 1.29 is 22.7 Å². The number of rotatable bonds is 8. The Morgan fingerprint density at radius 2 is 1.77 bits per heavy atom. The zero-order valence-electron chi connectivity index (χ0n) is 19.2. The van der Waals surface area contributed by atoms with Gasteiger partial charge in [-0.3, -0.25) is 9.52 Å². The Morgan fingerprint density at radius 3 is 2.49 bits per heavy atom. The average Bonchev–Trinajstić information content (AvgIpc) is 2.88. The van der Waals surface area contributed by atoms with Gasteiger partial charge in [-0.25, -0.2) is 8.42 Å². The average molecular weight is 492 g/mol. The molecule has 3 aromatic carbocycles. The largest absolute Gasteiger partial charge is 0.486 e. The Labute approximate surface area is 204 Å². The van der Waals surface area contributed by atoms with E-state index in [-0.39, 0.29) is 16.5 Å². The summed E-state index contributed by atoms with van der Waals surface area (Å²) in [6.07, 6.45) is 0.762. The molecule has 0 atom stereocenters. The Morgan fingerprint density at radius 1 is 1.03 bits per heavy atom. The summed E-state index contributed by atoms with van der Waals surface area (Å²) < 4.78 is 39.4. The molecule has 9 heteroatoms. The third kappa shape index (κ3) is 5.73.